The summed E-state index contributed by atoms with van der Waals surface area (Å²) in [6.45, 7) is 6.26. The molecule has 0 saturated carbocycles. The molecule has 1 aromatic carbocycles. The van der Waals surface area contributed by atoms with Crippen molar-refractivity contribution in [2.24, 2.45) is 0 Å². The number of rotatable bonds is 3. The van der Waals surface area contributed by atoms with Crippen LogP contribution in [0.15, 0.2) is 30.5 Å². The fourth-order valence-electron chi connectivity index (χ4n) is 4.47. The van der Waals surface area contributed by atoms with E-state index in [0.717, 1.165) is 37.4 Å². The highest BCUT2D eigenvalue weighted by Crippen LogP contribution is 2.41. The molecule has 2 aliphatic rings. The first-order valence-electron chi connectivity index (χ1n) is 10.1. The van der Waals surface area contributed by atoms with E-state index in [2.05, 4.69) is 35.8 Å². The highest BCUT2D eigenvalue weighted by atomic mass is 19.4. The van der Waals surface area contributed by atoms with Crippen LogP contribution in [0.2, 0.25) is 0 Å². The van der Waals surface area contributed by atoms with Crippen LogP contribution >= 0.6 is 0 Å². The van der Waals surface area contributed by atoms with Gasteiger partial charge in [-0.3, -0.25) is 4.79 Å². The molecule has 0 aliphatic carbocycles. The van der Waals surface area contributed by atoms with Crippen molar-refractivity contribution in [2.45, 2.75) is 76.4 Å². The highest BCUT2D eigenvalue weighted by molar-refractivity contribution is 5.95. The molecule has 2 aliphatic heterocycles. The number of aromatic nitrogens is 3. The van der Waals surface area contributed by atoms with E-state index in [-0.39, 0.29) is 40.8 Å². The van der Waals surface area contributed by atoms with Crippen LogP contribution < -0.4 is 4.74 Å². The first-order valence-corrected chi connectivity index (χ1v) is 10.1. The molecule has 0 radical (unpaired) electrons. The molecule has 9 heteroatoms. The average molecular weight is 422 g/mol. The number of amides is 1. The van der Waals surface area contributed by atoms with Crippen LogP contribution in [0.4, 0.5) is 13.2 Å². The van der Waals surface area contributed by atoms with Gasteiger partial charge in [-0.2, -0.15) is 0 Å². The van der Waals surface area contributed by atoms with Gasteiger partial charge in [-0.15, -0.1) is 18.3 Å². The molecule has 3 heterocycles. The van der Waals surface area contributed by atoms with Crippen molar-refractivity contribution in [3.8, 4) is 5.75 Å². The van der Waals surface area contributed by atoms with Gasteiger partial charge in [0.25, 0.3) is 5.91 Å². The molecular formula is C21H25F3N4O2. The normalized spacial score (nSPS) is 24.2. The molecule has 6 nitrogen and oxygen atoms in total. The van der Waals surface area contributed by atoms with E-state index in [1.54, 1.807) is 0 Å². The largest absolute Gasteiger partial charge is 0.573 e. The number of hydrogen-bond acceptors (Lipinski definition) is 4. The third-order valence-corrected chi connectivity index (χ3v) is 5.91. The Bertz CT molecular complexity index is 921. The van der Waals surface area contributed by atoms with E-state index in [9.17, 15) is 18.0 Å². The summed E-state index contributed by atoms with van der Waals surface area (Å²) in [5.41, 5.74) is 1.05. The monoisotopic (exact) mass is 422 g/mol. The summed E-state index contributed by atoms with van der Waals surface area (Å²) in [6, 6.07) is 5.54. The second kappa shape index (κ2) is 7.28. The second-order valence-corrected chi connectivity index (χ2v) is 9.13. The van der Waals surface area contributed by atoms with Crippen LogP contribution in [0.1, 0.15) is 68.5 Å². The molecule has 1 amide bonds. The number of benzene rings is 1. The Morgan fingerprint density at radius 2 is 1.77 bits per heavy atom. The number of alkyl halides is 3. The van der Waals surface area contributed by atoms with Crippen LogP contribution in [-0.2, 0) is 5.41 Å². The number of fused-ring (bicyclic) bond motifs is 2. The third kappa shape index (κ3) is 4.15. The first kappa shape index (κ1) is 20.7. The maximum absolute atomic E-state index is 13.1. The van der Waals surface area contributed by atoms with Gasteiger partial charge in [-0.25, -0.2) is 4.68 Å². The lowest BCUT2D eigenvalue weighted by Crippen LogP contribution is -2.47. The van der Waals surface area contributed by atoms with E-state index >= 15 is 0 Å². The molecule has 1 aromatic heterocycles. The third-order valence-electron chi connectivity index (χ3n) is 5.91. The predicted octanol–water partition coefficient (Wildman–Crippen LogP) is 4.48. The maximum atomic E-state index is 13.1. The molecule has 2 saturated heterocycles. The molecule has 0 N–H and O–H groups in total. The minimum Gasteiger partial charge on any atom is -0.406 e. The summed E-state index contributed by atoms with van der Waals surface area (Å²) >= 11 is 0. The van der Waals surface area contributed by atoms with Crippen LogP contribution in [0.25, 0.3) is 0 Å². The number of halogens is 3. The van der Waals surface area contributed by atoms with Crippen molar-refractivity contribution in [1.29, 1.82) is 0 Å². The Morgan fingerprint density at radius 1 is 1.10 bits per heavy atom. The van der Waals surface area contributed by atoms with E-state index in [1.807, 2.05) is 15.8 Å². The van der Waals surface area contributed by atoms with Crippen LogP contribution in [0.5, 0.6) is 5.75 Å². The van der Waals surface area contributed by atoms with Gasteiger partial charge in [0, 0.05) is 29.3 Å². The fourth-order valence-corrected chi connectivity index (χ4v) is 4.47. The van der Waals surface area contributed by atoms with Gasteiger partial charge in [0.05, 0.1) is 11.7 Å². The lowest BCUT2D eigenvalue weighted by Gasteiger charge is -2.39. The molecule has 30 heavy (non-hydrogen) atoms. The molecular weight excluding hydrogens is 397 g/mol. The Kier molecular flexibility index (Phi) is 5.02. The average Bonchev–Trinajstić information content (AvgIpc) is 3.23. The van der Waals surface area contributed by atoms with Gasteiger partial charge in [0.2, 0.25) is 0 Å². The summed E-state index contributed by atoms with van der Waals surface area (Å²) in [6.07, 6.45) is 0.475. The van der Waals surface area contributed by atoms with Crippen molar-refractivity contribution < 1.29 is 22.7 Å². The fraction of sp³-hybridized carbons (Fsp3) is 0.571. The quantitative estimate of drug-likeness (QED) is 0.732. The molecule has 162 valence electrons. The molecule has 2 bridgehead atoms. The zero-order chi connectivity index (χ0) is 21.7. The molecule has 0 spiro atoms. The summed E-state index contributed by atoms with van der Waals surface area (Å²) in [4.78, 5) is 14.9. The van der Waals surface area contributed by atoms with Gasteiger partial charge in [-0.05, 0) is 43.9 Å². The lowest BCUT2D eigenvalue weighted by molar-refractivity contribution is -0.274. The minimum absolute atomic E-state index is 0.0377. The summed E-state index contributed by atoms with van der Waals surface area (Å²) in [5.74, 6) is -0.629. The van der Waals surface area contributed by atoms with Crippen LogP contribution in [-0.4, -0.2) is 44.2 Å². The number of hydrogen-bond donors (Lipinski definition) is 0. The van der Waals surface area contributed by atoms with Crippen LogP contribution in [0, 0.1) is 0 Å². The lowest BCUT2D eigenvalue weighted by atomic mass is 9.92. The zero-order valence-corrected chi connectivity index (χ0v) is 17.2. The number of piperidine rings is 1. The molecule has 2 atom stereocenters. The number of ether oxygens (including phenoxy) is 1. The van der Waals surface area contributed by atoms with Gasteiger partial charge in [-0.1, -0.05) is 32.1 Å². The summed E-state index contributed by atoms with van der Waals surface area (Å²) in [7, 11) is 0. The Morgan fingerprint density at radius 3 is 2.33 bits per heavy atom. The van der Waals surface area contributed by atoms with E-state index in [4.69, 9.17) is 0 Å². The first-order chi connectivity index (χ1) is 14.0. The van der Waals surface area contributed by atoms with Gasteiger partial charge in [0.1, 0.15) is 5.75 Å². The summed E-state index contributed by atoms with van der Waals surface area (Å²) < 4.78 is 43.4. The smallest absolute Gasteiger partial charge is 0.406 e. The van der Waals surface area contributed by atoms with Crippen molar-refractivity contribution >= 4 is 5.91 Å². The number of nitrogens with zero attached hydrogens (tertiary/aromatic N) is 4. The maximum Gasteiger partial charge on any atom is 0.573 e. The Balaban J connectivity index is 1.50. The van der Waals surface area contributed by atoms with Gasteiger partial charge >= 0.3 is 6.36 Å². The zero-order valence-electron chi connectivity index (χ0n) is 17.2. The van der Waals surface area contributed by atoms with E-state index in [1.165, 1.54) is 18.2 Å². The minimum atomic E-state index is -4.79. The molecule has 2 fully saturated rings. The second-order valence-electron chi connectivity index (χ2n) is 9.13. The summed E-state index contributed by atoms with van der Waals surface area (Å²) in [5, 5.41) is 8.62. The van der Waals surface area contributed by atoms with Crippen molar-refractivity contribution in [3.05, 3.63) is 41.7 Å². The Hall–Kier alpha value is -2.58. The topological polar surface area (TPSA) is 60.2 Å². The van der Waals surface area contributed by atoms with E-state index < -0.39 is 6.36 Å². The van der Waals surface area contributed by atoms with Gasteiger partial charge in [0.15, 0.2) is 0 Å². The van der Waals surface area contributed by atoms with Gasteiger partial charge < -0.3 is 9.64 Å². The van der Waals surface area contributed by atoms with Crippen molar-refractivity contribution in [3.63, 3.8) is 0 Å². The Labute approximate surface area is 173 Å². The highest BCUT2D eigenvalue weighted by Gasteiger charge is 2.44. The van der Waals surface area contributed by atoms with Crippen molar-refractivity contribution in [1.82, 2.24) is 19.9 Å². The standard InChI is InChI=1S/C21H25F3N4O2/c1-20(2,3)18-12-27(26-25-18)16-10-14-7-8-15(11-16)28(14)19(29)13-5-4-6-17(9-13)30-21(22,23)24/h4-6,9,12,14-16H,7-8,10-11H2,1-3H3. The number of carbonyl (C=O) groups is 1. The van der Waals surface area contributed by atoms with E-state index in [0.29, 0.717) is 0 Å². The molecule has 4 rings (SSSR count). The molecule has 2 aromatic rings. The molecule has 2 unspecified atom stereocenters. The van der Waals surface area contributed by atoms with Crippen LogP contribution in [0.3, 0.4) is 0 Å². The van der Waals surface area contributed by atoms with Crippen molar-refractivity contribution in [2.75, 3.05) is 0 Å². The number of carbonyl (C=O) groups excluding carboxylic acids is 1. The predicted molar refractivity (Wildman–Crippen MR) is 103 cm³/mol. The SMILES string of the molecule is CC(C)(C)c1cn(C2CC3CCC(C2)N3C(=O)c2cccc(OC(F)(F)F)c2)nn1.